The number of hydrogen-bond acceptors (Lipinski definition) is 5. The fraction of sp³-hybridized carbons (Fsp3) is 0.115. The predicted molar refractivity (Wildman–Crippen MR) is 145 cm³/mol. The van der Waals surface area contributed by atoms with Crippen LogP contribution in [0.5, 0.6) is 0 Å². The number of rotatable bonds is 7. The van der Waals surface area contributed by atoms with Crippen molar-refractivity contribution in [2.75, 3.05) is 7.11 Å². The number of carbonyl (C=O) groups is 2. The van der Waals surface area contributed by atoms with Gasteiger partial charge >= 0.3 is 19.2 Å². The van der Waals surface area contributed by atoms with Gasteiger partial charge in [-0.15, -0.1) is 11.3 Å². The van der Waals surface area contributed by atoms with Crippen LogP contribution in [0, 0.1) is 0 Å². The molecule has 0 radical (unpaired) electrons. The number of hydrogen-bond donors (Lipinski definition) is 2. The topological polar surface area (TPSA) is 118 Å². The van der Waals surface area contributed by atoms with Gasteiger partial charge in [0.25, 0.3) is 5.91 Å². The summed E-state index contributed by atoms with van der Waals surface area (Å²) in [5.41, 5.74) is -2.68. The third kappa shape index (κ3) is 6.15. The Bertz CT molecular complexity index is 1650. The van der Waals surface area contributed by atoms with Crippen LogP contribution < -0.4 is 4.80 Å². The Kier molecular flexibility index (Phi) is 8.43. The zero-order valence-corrected chi connectivity index (χ0v) is 23.4. The first-order valence-electron chi connectivity index (χ1n) is 11.2. The Morgan fingerprint density at radius 3 is 2.31 bits per heavy atom. The Labute approximate surface area is 233 Å². The molecule has 0 atom stereocenters. The van der Waals surface area contributed by atoms with Crippen LogP contribution in [-0.4, -0.2) is 33.3 Å². The molecule has 1 heterocycles. The molecule has 1 amide bonds. The van der Waals surface area contributed by atoms with Gasteiger partial charge in [0.1, 0.15) is 0 Å². The molecule has 4 rings (SSSR count). The maximum absolute atomic E-state index is 14.3. The zero-order chi connectivity index (χ0) is 28.4. The van der Waals surface area contributed by atoms with Crippen LogP contribution in [0.15, 0.2) is 87.6 Å². The number of amides is 1. The van der Waals surface area contributed by atoms with Crippen molar-refractivity contribution >= 4 is 46.7 Å². The number of thiazole rings is 1. The van der Waals surface area contributed by atoms with Crippen LogP contribution in [0.25, 0.3) is 11.3 Å². The first-order valence-corrected chi connectivity index (χ1v) is 14.4. The summed E-state index contributed by atoms with van der Waals surface area (Å²) in [5.74, 6) is -0.974. The summed E-state index contributed by atoms with van der Waals surface area (Å²) in [7, 11) is -4.48. The van der Waals surface area contributed by atoms with Gasteiger partial charge in [-0.3, -0.25) is 9.36 Å². The number of carbonyl (C=O) groups excluding carboxylic acids is 2. The molecule has 0 bridgehead atoms. The molecule has 0 aliphatic heterocycles. The van der Waals surface area contributed by atoms with Gasteiger partial charge in [0.2, 0.25) is 0 Å². The second-order valence-electron chi connectivity index (χ2n) is 8.24. The largest absolute Gasteiger partial charge is 0.465 e. The Balaban J connectivity index is 1.79. The summed E-state index contributed by atoms with van der Waals surface area (Å²) < 4.78 is 46.2. The molecule has 202 valence electrons. The lowest BCUT2D eigenvalue weighted by molar-refractivity contribution is 0.0557. The van der Waals surface area contributed by atoms with Crippen LogP contribution in [-0.2, 0) is 21.5 Å². The number of aromatic nitrogens is 1. The quantitative estimate of drug-likeness (QED) is 0.196. The predicted octanol–water partition coefficient (Wildman–Crippen LogP) is 5.78. The molecule has 4 aromatic rings. The minimum Gasteiger partial charge on any atom is -0.465 e. The van der Waals surface area contributed by atoms with E-state index in [0.29, 0.717) is 32.7 Å². The molecule has 13 heteroatoms. The van der Waals surface area contributed by atoms with Crippen molar-refractivity contribution < 1.29 is 37.5 Å². The van der Waals surface area contributed by atoms with Crippen molar-refractivity contribution in [2.45, 2.75) is 12.2 Å². The van der Waals surface area contributed by atoms with Gasteiger partial charge in [0, 0.05) is 21.0 Å². The summed E-state index contributed by atoms with van der Waals surface area (Å²) in [5, 5.41) is 1.77. The molecule has 0 saturated carbocycles. The highest BCUT2D eigenvalue weighted by Gasteiger charge is 2.51. The van der Waals surface area contributed by atoms with E-state index in [9.17, 15) is 22.9 Å². The highest BCUT2D eigenvalue weighted by Crippen LogP contribution is 2.60. The molecule has 0 unspecified atom stereocenters. The highest BCUT2D eigenvalue weighted by molar-refractivity contribution is 9.10. The van der Waals surface area contributed by atoms with Crippen molar-refractivity contribution in [2.24, 2.45) is 4.99 Å². The molecule has 2 N–H and O–H groups in total. The van der Waals surface area contributed by atoms with E-state index in [1.807, 2.05) is 0 Å². The molecular formula is C26H20BrF2N2O6PS. The lowest BCUT2D eigenvalue weighted by Crippen LogP contribution is -2.19. The van der Waals surface area contributed by atoms with Crippen LogP contribution in [0.4, 0.5) is 8.78 Å². The average Bonchev–Trinajstić information content (AvgIpc) is 3.29. The number of alkyl halides is 2. The van der Waals surface area contributed by atoms with E-state index >= 15 is 0 Å². The molecule has 0 saturated heterocycles. The minimum atomic E-state index is -5.76. The van der Waals surface area contributed by atoms with Crippen molar-refractivity contribution in [3.05, 3.63) is 110 Å². The molecule has 0 aliphatic rings. The standard InChI is InChI=1S/C26H20BrF2N2O6PS/c1-37-24(33)19-10-8-17(9-11-19)22-15-39-25(30-23(32)18-5-3-2-4-6-18)31(22)14-16-7-12-20(21(27)13-16)26(28,29)38(34,35)36/h2-13,15H,14H2,1H3,(H2,34,35,36). The van der Waals surface area contributed by atoms with Crippen LogP contribution in [0.2, 0.25) is 0 Å². The average molecular weight is 637 g/mol. The summed E-state index contributed by atoms with van der Waals surface area (Å²) in [6.07, 6.45) is 0. The number of esters is 1. The van der Waals surface area contributed by atoms with Crippen LogP contribution >= 0.6 is 34.9 Å². The van der Waals surface area contributed by atoms with Gasteiger partial charge in [-0.05, 0) is 41.5 Å². The molecule has 0 fully saturated rings. The molecule has 0 spiro atoms. The zero-order valence-electron chi connectivity index (χ0n) is 20.1. The van der Waals surface area contributed by atoms with Crippen LogP contribution in [0.1, 0.15) is 31.8 Å². The Morgan fingerprint density at radius 1 is 1.05 bits per heavy atom. The van der Waals surface area contributed by atoms with Gasteiger partial charge in [-0.25, -0.2) is 4.79 Å². The number of methoxy groups -OCH3 is 1. The lowest BCUT2D eigenvalue weighted by atomic mass is 10.1. The first-order chi connectivity index (χ1) is 18.4. The summed E-state index contributed by atoms with van der Waals surface area (Å²) >= 11 is 4.20. The Morgan fingerprint density at radius 2 is 1.72 bits per heavy atom. The molecule has 39 heavy (non-hydrogen) atoms. The highest BCUT2D eigenvalue weighted by atomic mass is 79.9. The normalized spacial score (nSPS) is 12.4. The van der Waals surface area contributed by atoms with Crippen molar-refractivity contribution in [3.63, 3.8) is 0 Å². The van der Waals surface area contributed by atoms with E-state index in [1.54, 1.807) is 64.5 Å². The molecule has 8 nitrogen and oxygen atoms in total. The monoisotopic (exact) mass is 636 g/mol. The Hall–Kier alpha value is -3.28. The van der Waals surface area contributed by atoms with Gasteiger partial charge < -0.3 is 19.1 Å². The van der Waals surface area contributed by atoms with Crippen molar-refractivity contribution in [1.82, 2.24) is 4.57 Å². The summed E-state index contributed by atoms with van der Waals surface area (Å²) in [6, 6.07) is 18.6. The van der Waals surface area contributed by atoms with E-state index in [4.69, 9.17) is 14.5 Å². The smallest absolute Gasteiger partial charge is 0.399 e. The van der Waals surface area contributed by atoms with E-state index in [2.05, 4.69) is 20.9 Å². The SMILES string of the molecule is COC(=O)c1ccc(-c2csc(=NC(=O)c3ccccc3)n2Cc2ccc(C(F)(F)P(=O)(O)O)c(Br)c2)cc1. The van der Waals surface area contributed by atoms with Gasteiger partial charge in [0.15, 0.2) is 4.80 Å². The van der Waals surface area contributed by atoms with Gasteiger partial charge in [-0.2, -0.15) is 13.8 Å². The maximum atomic E-state index is 14.3. The summed E-state index contributed by atoms with van der Waals surface area (Å²) in [6.45, 7) is 0.0822. The van der Waals surface area contributed by atoms with Gasteiger partial charge in [-0.1, -0.05) is 58.4 Å². The number of ether oxygens (including phenoxy) is 1. The number of nitrogens with zero attached hydrogens (tertiary/aromatic N) is 2. The van der Waals surface area contributed by atoms with E-state index in [-0.39, 0.29) is 11.0 Å². The number of benzene rings is 3. The second kappa shape index (κ2) is 11.4. The van der Waals surface area contributed by atoms with Crippen molar-refractivity contribution in [3.8, 4) is 11.3 Å². The lowest BCUT2D eigenvalue weighted by Gasteiger charge is -2.20. The molecule has 0 aliphatic carbocycles. The van der Waals surface area contributed by atoms with E-state index < -0.39 is 30.7 Å². The molecule has 3 aromatic carbocycles. The fourth-order valence-electron chi connectivity index (χ4n) is 3.67. The van der Waals surface area contributed by atoms with Gasteiger partial charge in [0.05, 0.1) is 24.9 Å². The van der Waals surface area contributed by atoms with Crippen LogP contribution in [0.3, 0.4) is 0 Å². The fourth-order valence-corrected chi connectivity index (χ4v) is 5.91. The third-order valence-electron chi connectivity index (χ3n) is 5.68. The summed E-state index contributed by atoms with van der Waals surface area (Å²) in [4.78, 5) is 47.5. The number of halogens is 3. The molecule has 1 aromatic heterocycles. The minimum absolute atomic E-state index is 0.0822. The molecular weight excluding hydrogens is 617 g/mol. The first kappa shape index (κ1) is 28.7. The van der Waals surface area contributed by atoms with Crippen molar-refractivity contribution in [1.29, 1.82) is 0 Å². The second-order valence-corrected chi connectivity index (χ2v) is 11.6. The van der Waals surface area contributed by atoms with E-state index in [0.717, 1.165) is 6.07 Å². The van der Waals surface area contributed by atoms with E-state index in [1.165, 1.54) is 30.6 Å². The maximum Gasteiger partial charge on any atom is 0.399 e. The third-order valence-corrected chi connectivity index (χ3v) is 8.17.